The molecule has 0 bridgehead atoms. The van der Waals surface area contributed by atoms with E-state index < -0.39 is 5.91 Å². The summed E-state index contributed by atoms with van der Waals surface area (Å²) in [6.45, 7) is 4.58. The summed E-state index contributed by atoms with van der Waals surface area (Å²) in [4.78, 5) is 31.7. The quantitative estimate of drug-likeness (QED) is 0.698. The Morgan fingerprint density at radius 2 is 1.90 bits per heavy atom. The van der Waals surface area contributed by atoms with E-state index in [9.17, 15) is 9.59 Å². The average molecular weight is 388 g/mol. The lowest BCUT2D eigenvalue weighted by Gasteiger charge is -2.11. The fraction of sp³-hybridized carbons (Fsp3) is 0.261. The molecule has 29 heavy (non-hydrogen) atoms. The number of pyridine rings is 2. The van der Waals surface area contributed by atoms with Gasteiger partial charge in [-0.25, -0.2) is 4.98 Å². The second-order valence-corrected chi connectivity index (χ2v) is 6.91. The highest BCUT2D eigenvalue weighted by atomic mass is 16.2. The minimum atomic E-state index is -0.433. The Hall–Kier alpha value is -3.59. The van der Waals surface area contributed by atoms with Crippen molar-refractivity contribution in [3.8, 4) is 11.8 Å². The first-order valence-corrected chi connectivity index (χ1v) is 9.46. The second kappa shape index (κ2) is 8.61. The SMILES string of the molecule is CCn1cc(C(=O)NCC#Cc2ccc(N(C)C)cc2)c(=O)c2ccc(C)nc21. The van der Waals surface area contributed by atoms with Crippen LogP contribution in [0.5, 0.6) is 0 Å². The van der Waals surface area contributed by atoms with E-state index in [0.717, 1.165) is 16.9 Å². The van der Waals surface area contributed by atoms with Crippen molar-refractivity contribution in [3.63, 3.8) is 0 Å². The third-order valence-electron chi connectivity index (χ3n) is 4.60. The average Bonchev–Trinajstić information content (AvgIpc) is 2.71. The summed E-state index contributed by atoms with van der Waals surface area (Å²) in [5, 5.41) is 3.15. The number of aromatic nitrogens is 2. The van der Waals surface area contributed by atoms with Crippen molar-refractivity contribution in [3.05, 3.63) is 69.6 Å². The molecule has 0 saturated heterocycles. The first-order chi connectivity index (χ1) is 13.9. The van der Waals surface area contributed by atoms with Gasteiger partial charge in [-0.15, -0.1) is 0 Å². The minimum absolute atomic E-state index is 0.0992. The highest BCUT2D eigenvalue weighted by molar-refractivity contribution is 5.97. The van der Waals surface area contributed by atoms with Crippen LogP contribution in [0.4, 0.5) is 5.69 Å². The predicted molar refractivity (Wildman–Crippen MR) is 116 cm³/mol. The Kier molecular flexibility index (Phi) is 5.99. The standard InChI is InChI=1S/C23H24N4O2/c1-5-27-15-20(21(28)19-13-8-16(2)25-22(19)27)23(29)24-14-6-7-17-9-11-18(12-10-17)26(3)4/h8-13,15H,5,14H2,1-4H3,(H,24,29). The molecular formula is C23H24N4O2. The van der Waals surface area contributed by atoms with Gasteiger partial charge in [-0.2, -0.15) is 0 Å². The predicted octanol–water partition coefficient (Wildman–Crippen LogP) is 2.57. The smallest absolute Gasteiger partial charge is 0.257 e. The summed E-state index contributed by atoms with van der Waals surface area (Å²) in [5.74, 6) is 5.51. The van der Waals surface area contributed by atoms with E-state index in [0.29, 0.717) is 17.6 Å². The van der Waals surface area contributed by atoms with Gasteiger partial charge in [-0.1, -0.05) is 11.8 Å². The number of aryl methyl sites for hydroxylation is 2. The van der Waals surface area contributed by atoms with Gasteiger partial charge in [0.25, 0.3) is 5.91 Å². The van der Waals surface area contributed by atoms with E-state index in [4.69, 9.17) is 0 Å². The Morgan fingerprint density at radius 3 is 2.55 bits per heavy atom. The van der Waals surface area contributed by atoms with Gasteiger partial charge in [0.15, 0.2) is 0 Å². The molecule has 0 aliphatic rings. The Labute approximate surface area is 170 Å². The molecule has 148 valence electrons. The Bertz CT molecular complexity index is 1170. The molecule has 0 radical (unpaired) electrons. The van der Waals surface area contributed by atoms with Crippen molar-refractivity contribution in [2.75, 3.05) is 25.5 Å². The number of nitrogens with one attached hydrogen (secondary N) is 1. The van der Waals surface area contributed by atoms with Gasteiger partial charge in [0.1, 0.15) is 11.2 Å². The number of carbonyl (C=O) groups excluding carboxylic acids is 1. The summed E-state index contributed by atoms with van der Waals surface area (Å²) >= 11 is 0. The molecule has 1 aromatic carbocycles. The first-order valence-electron chi connectivity index (χ1n) is 9.46. The fourth-order valence-electron chi connectivity index (χ4n) is 2.97. The highest BCUT2D eigenvalue weighted by Crippen LogP contribution is 2.12. The third-order valence-corrected chi connectivity index (χ3v) is 4.60. The van der Waals surface area contributed by atoms with Crippen molar-refractivity contribution >= 4 is 22.6 Å². The number of amides is 1. The molecular weight excluding hydrogens is 364 g/mol. The molecule has 0 atom stereocenters. The Morgan fingerprint density at radius 1 is 1.17 bits per heavy atom. The van der Waals surface area contributed by atoms with Gasteiger partial charge in [0.05, 0.1) is 11.9 Å². The molecule has 2 aromatic heterocycles. The number of nitrogens with zero attached hydrogens (tertiary/aromatic N) is 3. The molecule has 1 N–H and O–H groups in total. The summed E-state index contributed by atoms with van der Waals surface area (Å²) in [5.41, 5.74) is 3.16. The number of anilines is 1. The van der Waals surface area contributed by atoms with E-state index >= 15 is 0 Å². The first kappa shape index (κ1) is 20.2. The van der Waals surface area contributed by atoms with E-state index in [1.807, 2.05) is 61.7 Å². The van der Waals surface area contributed by atoms with Crippen LogP contribution in [0.15, 0.2) is 47.4 Å². The van der Waals surface area contributed by atoms with Crippen LogP contribution in [0.1, 0.15) is 28.5 Å². The van der Waals surface area contributed by atoms with Gasteiger partial charge < -0.3 is 14.8 Å². The van der Waals surface area contributed by atoms with Crippen LogP contribution in [0.2, 0.25) is 0 Å². The zero-order valence-corrected chi connectivity index (χ0v) is 17.1. The molecule has 0 aliphatic carbocycles. The molecule has 3 rings (SSSR count). The maximum absolute atomic E-state index is 12.7. The van der Waals surface area contributed by atoms with Crippen molar-refractivity contribution in [1.29, 1.82) is 0 Å². The lowest BCUT2D eigenvalue weighted by Crippen LogP contribution is -2.30. The molecule has 3 aromatic rings. The summed E-state index contributed by atoms with van der Waals surface area (Å²) in [7, 11) is 3.96. The monoisotopic (exact) mass is 388 g/mol. The van der Waals surface area contributed by atoms with Gasteiger partial charge in [0, 0.05) is 43.8 Å². The molecule has 1 amide bonds. The molecule has 0 aliphatic heterocycles. The maximum Gasteiger partial charge on any atom is 0.257 e. The number of hydrogen-bond acceptors (Lipinski definition) is 4. The van der Waals surface area contributed by atoms with E-state index in [2.05, 4.69) is 22.1 Å². The van der Waals surface area contributed by atoms with E-state index in [-0.39, 0.29) is 17.5 Å². The molecule has 0 spiro atoms. The summed E-state index contributed by atoms with van der Waals surface area (Å²) in [6, 6.07) is 11.3. The fourth-order valence-corrected chi connectivity index (χ4v) is 2.97. The van der Waals surface area contributed by atoms with Crippen LogP contribution in [-0.2, 0) is 6.54 Å². The van der Waals surface area contributed by atoms with Crippen molar-refractivity contribution in [2.24, 2.45) is 0 Å². The number of rotatable bonds is 4. The molecule has 6 heteroatoms. The highest BCUT2D eigenvalue weighted by Gasteiger charge is 2.15. The molecule has 0 unspecified atom stereocenters. The van der Waals surface area contributed by atoms with Crippen molar-refractivity contribution in [1.82, 2.24) is 14.9 Å². The molecule has 0 saturated carbocycles. The number of fused-ring (bicyclic) bond motifs is 1. The lowest BCUT2D eigenvalue weighted by atomic mass is 10.1. The molecule has 0 fully saturated rings. The maximum atomic E-state index is 12.7. The van der Waals surface area contributed by atoms with Crippen LogP contribution in [0, 0.1) is 18.8 Å². The van der Waals surface area contributed by atoms with Crippen LogP contribution < -0.4 is 15.6 Å². The summed E-state index contributed by atoms with van der Waals surface area (Å²) in [6.07, 6.45) is 1.57. The zero-order chi connectivity index (χ0) is 21.0. The van der Waals surface area contributed by atoms with Gasteiger partial charge in [0.2, 0.25) is 5.43 Å². The molecule has 6 nitrogen and oxygen atoms in total. The van der Waals surface area contributed by atoms with Crippen LogP contribution in [0.3, 0.4) is 0 Å². The van der Waals surface area contributed by atoms with E-state index in [1.54, 1.807) is 18.3 Å². The lowest BCUT2D eigenvalue weighted by molar-refractivity contribution is 0.0957. The van der Waals surface area contributed by atoms with E-state index in [1.165, 1.54) is 0 Å². The third kappa shape index (κ3) is 4.46. The van der Waals surface area contributed by atoms with Crippen molar-refractivity contribution < 1.29 is 4.79 Å². The van der Waals surface area contributed by atoms with Gasteiger partial charge >= 0.3 is 0 Å². The second-order valence-electron chi connectivity index (χ2n) is 6.91. The zero-order valence-electron chi connectivity index (χ0n) is 17.1. The normalized spacial score (nSPS) is 10.3. The van der Waals surface area contributed by atoms with Crippen molar-refractivity contribution in [2.45, 2.75) is 20.4 Å². The van der Waals surface area contributed by atoms with Gasteiger partial charge in [-0.3, -0.25) is 9.59 Å². The minimum Gasteiger partial charge on any atom is -0.378 e. The largest absolute Gasteiger partial charge is 0.378 e. The summed E-state index contributed by atoms with van der Waals surface area (Å²) < 4.78 is 1.82. The Balaban J connectivity index is 1.76. The number of hydrogen-bond donors (Lipinski definition) is 1. The number of carbonyl (C=O) groups is 1. The number of benzene rings is 1. The van der Waals surface area contributed by atoms with Crippen LogP contribution in [0.25, 0.3) is 11.0 Å². The van der Waals surface area contributed by atoms with Gasteiger partial charge in [-0.05, 0) is 50.2 Å². The topological polar surface area (TPSA) is 67.2 Å². The molecule has 2 heterocycles. The van der Waals surface area contributed by atoms with Crippen LogP contribution >= 0.6 is 0 Å². The van der Waals surface area contributed by atoms with Crippen LogP contribution in [-0.4, -0.2) is 36.1 Å².